The van der Waals surface area contributed by atoms with E-state index in [4.69, 9.17) is 4.74 Å². The molecule has 0 aromatic rings. The van der Waals surface area contributed by atoms with Crippen LogP contribution in [0.15, 0.2) is 58.9 Å². The molecule has 30 heavy (non-hydrogen) atoms. The Morgan fingerprint density at radius 3 is 2.57 bits per heavy atom. The lowest BCUT2D eigenvalue weighted by Crippen LogP contribution is -2.31. The summed E-state index contributed by atoms with van der Waals surface area (Å²) < 4.78 is 5.98. The smallest absolute Gasteiger partial charge is 0.203 e. The Bertz CT molecular complexity index is 765. The molecular formula is C27H40O3. The number of aliphatic hydroxyl groups excluding tert-OH is 1. The maximum absolute atomic E-state index is 13.4. The van der Waals surface area contributed by atoms with E-state index >= 15 is 0 Å². The molecule has 0 fully saturated rings. The Morgan fingerprint density at radius 1 is 1.17 bits per heavy atom. The van der Waals surface area contributed by atoms with E-state index in [9.17, 15) is 9.90 Å². The average Bonchev–Trinajstić information content (AvgIpc) is 2.93. The predicted octanol–water partition coefficient (Wildman–Crippen LogP) is 6.61. The molecule has 0 aromatic heterocycles. The maximum atomic E-state index is 13.4. The molecule has 2 rings (SSSR count). The lowest BCUT2D eigenvalue weighted by molar-refractivity contribution is -0.127. The minimum Gasteiger partial charge on any atom is -0.483 e. The molecule has 0 saturated heterocycles. The highest BCUT2D eigenvalue weighted by molar-refractivity contribution is 6.01. The number of ether oxygens (including phenoxy) is 1. The fourth-order valence-electron chi connectivity index (χ4n) is 4.25. The minimum atomic E-state index is -0.514. The first-order valence-electron chi connectivity index (χ1n) is 11.4. The molecule has 0 aliphatic heterocycles. The van der Waals surface area contributed by atoms with E-state index in [0.29, 0.717) is 12.2 Å². The first-order valence-corrected chi connectivity index (χ1v) is 11.4. The number of ketones is 1. The Morgan fingerprint density at radius 2 is 1.87 bits per heavy atom. The molecule has 0 amide bonds. The second kappa shape index (κ2) is 10.9. The summed E-state index contributed by atoms with van der Waals surface area (Å²) in [7, 11) is 0. The van der Waals surface area contributed by atoms with Crippen LogP contribution in [-0.2, 0) is 9.53 Å². The van der Waals surface area contributed by atoms with Crippen LogP contribution in [0.4, 0.5) is 0 Å². The maximum Gasteiger partial charge on any atom is 0.203 e. The first kappa shape index (κ1) is 24.4. The molecular weight excluding hydrogens is 372 g/mol. The van der Waals surface area contributed by atoms with Crippen LogP contribution in [0.1, 0.15) is 80.1 Å². The second-order valence-corrected chi connectivity index (χ2v) is 9.31. The van der Waals surface area contributed by atoms with Gasteiger partial charge in [0.05, 0.1) is 6.10 Å². The molecule has 2 aliphatic rings. The van der Waals surface area contributed by atoms with Crippen molar-refractivity contribution in [2.45, 2.75) is 92.3 Å². The third-order valence-corrected chi connectivity index (χ3v) is 6.63. The monoisotopic (exact) mass is 412 g/mol. The summed E-state index contributed by atoms with van der Waals surface area (Å²) in [6.45, 7) is 12.3. The minimum absolute atomic E-state index is 0.0639. The molecule has 0 bridgehead atoms. The van der Waals surface area contributed by atoms with Gasteiger partial charge in [-0.15, -0.1) is 0 Å². The number of carbonyl (C=O) groups excluding carboxylic acids is 1. The lowest BCUT2D eigenvalue weighted by Gasteiger charge is -2.29. The number of carbonyl (C=O) groups is 1. The van der Waals surface area contributed by atoms with Crippen LogP contribution in [0.3, 0.4) is 0 Å². The van der Waals surface area contributed by atoms with Gasteiger partial charge in [-0.05, 0) is 96.8 Å². The summed E-state index contributed by atoms with van der Waals surface area (Å²) in [5.74, 6) is 0.652. The number of hydrogen-bond donors (Lipinski definition) is 1. The molecule has 3 heteroatoms. The van der Waals surface area contributed by atoms with Crippen molar-refractivity contribution in [2.75, 3.05) is 0 Å². The van der Waals surface area contributed by atoms with Crippen molar-refractivity contribution in [3.05, 3.63) is 58.9 Å². The molecule has 0 saturated carbocycles. The zero-order chi connectivity index (χ0) is 22.3. The molecule has 0 aromatic carbocycles. The van der Waals surface area contributed by atoms with Crippen LogP contribution in [0.2, 0.25) is 0 Å². The van der Waals surface area contributed by atoms with E-state index in [-0.39, 0.29) is 17.8 Å². The van der Waals surface area contributed by atoms with Gasteiger partial charge in [-0.2, -0.15) is 0 Å². The summed E-state index contributed by atoms with van der Waals surface area (Å²) in [5.41, 5.74) is 3.14. The van der Waals surface area contributed by atoms with Crippen LogP contribution in [0.25, 0.3) is 0 Å². The van der Waals surface area contributed by atoms with Crippen LogP contribution >= 0.6 is 0 Å². The summed E-state index contributed by atoms with van der Waals surface area (Å²) >= 11 is 0. The van der Waals surface area contributed by atoms with Gasteiger partial charge in [-0.1, -0.05) is 42.4 Å². The van der Waals surface area contributed by atoms with Crippen LogP contribution < -0.4 is 0 Å². The Balaban J connectivity index is 2.34. The van der Waals surface area contributed by atoms with Gasteiger partial charge in [0.2, 0.25) is 5.78 Å². The molecule has 0 spiro atoms. The van der Waals surface area contributed by atoms with Crippen molar-refractivity contribution in [2.24, 2.45) is 11.3 Å². The number of hydrogen-bond acceptors (Lipinski definition) is 3. The molecule has 0 radical (unpaired) electrons. The molecule has 4 atom stereocenters. The molecule has 3 nitrogen and oxygen atoms in total. The molecule has 0 unspecified atom stereocenters. The summed E-state index contributed by atoms with van der Waals surface area (Å²) in [6.07, 6.45) is 17.1. The highest BCUT2D eigenvalue weighted by Gasteiger charge is 2.46. The van der Waals surface area contributed by atoms with Crippen LogP contribution in [0.5, 0.6) is 0 Å². The zero-order valence-corrected chi connectivity index (χ0v) is 19.7. The van der Waals surface area contributed by atoms with E-state index in [1.54, 1.807) is 0 Å². The van der Waals surface area contributed by atoms with Gasteiger partial charge in [-0.3, -0.25) is 4.79 Å². The number of Topliss-reactive ketones (excluding diaryl/α,β-unsaturated/α-hetero) is 1. The van der Waals surface area contributed by atoms with Gasteiger partial charge in [0.15, 0.2) is 5.76 Å². The zero-order valence-electron chi connectivity index (χ0n) is 19.7. The quantitative estimate of drug-likeness (QED) is 0.530. The number of allylic oxidation sites excluding steroid dienone is 8. The fourth-order valence-corrected chi connectivity index (χ4v) is 4.25. The van der Waals surface area contributed by atoms with Gasteiger partial charge in [-0.25, -0.2) is 0 Å². The third kappa shape index (κ3) is 6.31. The van der Waals surface area contributed by atoms with E-state index in [2.05, 4.69) is 39.0 Å². The molecule has 1 N–H and O–H groups in total. The second-order valence-electron chi connectivity index (χ2n) is 9.31. The number of rotatable bonds is 3. The van der Waals surface area contributed by atoms with E-state index < -0.39 is 11.5 Å². The Hall–Kier alpha value is -1.87. The highest BCUT2D eigenvalue weighted by Crippen LogP contribution is 2.45. The van der Waals surface area contributed by atoms with Crippen molar-refractivity contribution in [1.82, 2.24) is 0 Å². The van der Waals surface area contributed by atoms with E-state index in [0.717, 1.165) is 37.7 Å². The van der Waals surface area contributed by atoms with Crippen molar-refractivity contribution < 1.29 is 14.6 Å². The van der Waals surface area contributed by atoms with Gasteiger partial charge < -0.3 is 9.84 Å². The Labute approximate surface area is 183 Å². The van der Waals surface area contributed by atoms with Crippen molar-refractivity contribution >= 4 is 5.78 Å². The summed E-state index contributed by atoms with van der Waals surface area (Å²) in [5, 5.41) is 10.6. The largest absolute Gasteiger partial charge is 0.483 e. The van der Waals surface area contributed by atoms with E-state index in [1.807, 2.05) is 39.0 Å². The van der Waals surface area contributed by atoms with Crippen molar-refractivity contribution in [3.8, 4) is 0 Å². The normalized spacial score (nSPS) is 35.6. The highest BCUT2D eigenvalue weighted by atomic mass is 16.5. The van der Waals surface area contributed by atoms with Gasteiger partial charge in [0.25, 0.3) is 0 Å². The fraction of sp³-hybridized carbons (Fsp3) is 0.593. The van der Waals surface area contributed by atoms with Crippen LogP contribution in [0, 0.1) is 11.3 Å². The average molecular weight is 413 g/mol. The van der Waals surface area contributed by atoms with Crippen LogP contribution in [-0.4, -0.2) is 23.1 Å². The summed E-state index contributed by atoms with van der Waals surface area (Å²) in [6, 6.07) is 0. The van der Waals surface area contributed by atoms with Gasteiger partial charge in [0.1, 0.15) is 6.10 Å². The SMILES string of the molecule is C/C=C/[C@H](C)OC1=C[C@H]2C/C=C(\C)[C@@H](O)CC/C(C)=C/CC/C(C)=C/C[C@]2(C)C1=O. The number of fused-ring (bicyclic) bond motifs is 1. The topological polar surface area (TPSA) is 46.5 Å². The van der Waals surface area contributed by atoms with Crippen molar-refractivity contribution in [1.29, 1.82) is 0 Å². The lowest BCUT2D eigenvalue weighted by atomic mass is 9.73. The van der Waals surface area contributed by atoms with Crippen molar-refractivity contribution in [3.63, 3.8) is 0 Å². The first-order chi connectivity index (χ1) is 14.2. The van der Waals surface area contributed by atoms with Gasteiger partial charge >= 0.3 is 0 Å². The Kier molecular flexibility index (Phi) is 8.91. The molecule has 2 aliphatic carbocycles. The van der Waals surface area contributed by atoms with Gasteiger partial charge in [0, 0.05) is 5.41 Å². The predicted molar refractivity (Wildman–Crippen MR) is 125 cm³/mol. The molecule has 0 heterocycles. The van der Waals surface area contributed by atoms with E-state index in [1.165, 1.54) is 11.1 Å². The third-order valence-electron chi connectivity index (χ3n) is 6.63. The standard InChI is InChI=1S/C27H40O3/c1-7-9-22(5)30-25-18-23-14-13-21(4)24(28)15-12-19(2)10-8-11-20(3)16-17-27(23,6)26(25)29/h7,9-10,13,16,18,22-24,28H,8,11-12,14-15,17H2,1-6H3/b9-7+,19-10+,20-16+,21-13+/t22-,23+,24-,27-/m0/s1. The number of aliphatic hydroxyl groups is 1. The summed E-state index contributed by atoms with van der Waals surface area (Å²) in [4.78, 5) is 13.4. The molecule has 166 valence electrons.